The molecule has 2 aliphatic carbocycles. The Bertz CT molecular complexity index is 855. The number of esters is 1. The summed E-state index contributed by atoms with van der Waals surface area (Å²) in [5.74, 6) is -1.46. The van der Waals surface area contributed by atoms with Crippen LogP contribution in [0.2, 0.25) is 0 Å². The Balaban J connectivity index is 1.51. The van der Waals surface area contributed by atoms with Crippen molar-refractivity contribution in [1.82, 2.24) is 0 Å². The van der Waals surface area contributed by atoms with Crippen LogP contribution in [0.5, 0.6) is 0 Å². The first kappa shape index (κ1) is 25.1. The van der Waals surface area contributed by atoms with Crippen LogP contribution in [-0.4, -0.2) is 98.2 Å². The molecule has 0 amide bonds. The zero-order valence-electron chi connectivity index (χ0n) is 17.5. The molecule has 1 aliphatic heterocycles. The molecule has 3 aliphatic rings. The molecule has 0 saturated carbocycles. The molecule has 0 bridgehead atoms. The van der Waals surface area contributed by atoms with Crippen LogP contribution >= 0.6 is 0 Å². The SMILES string of the molecule is O=C1C=CC(O)(CCO[C@@H]2O[C@H](COC(=O)CC3(O)C=CC(=O)C=C3)[C@@H](O)[C@H](O)[C@H]2O)C=C1. The Morgan fingerprint density at radius 1 is 0.879 bits per heavy atom. The zero-order valence-corrected chi connectivity index (χ0v) is 17.5. The van der Waals surface area contributed by atoms with Gasteiger partial charge in [-0.1, -0.05) is 0 Å². The lowest BCUT2D eigenvalue weighted by Crippen LogP contribution is -2.59. The summed E-state index contributed by atoms with van der Waals surface area (Å²) >= 11 is 0. The highest BCUT2D eigenvalue weighted by Gasteiger charge is 2.45. The molecule has 5 N–H and O–H groups in total. The van der Waals surface area contributed by atoms with E-state index in [1.54, 1.807) is 0 Å². The van der Waals surface area contributed by atoms with Gasteiger partial charge in [0, 0.05) is 6.42 Å². The van der Waals surface area contributed by atoms with Crippen molar-refractivity contribution in [3.05, 3.63) is 48.6 Å². The first-order valence-corrected chi connectivity index (χ1v) is 10.3. The van der Waals surface area contributed by atoms with Crippen molar-refractivity contribution in [2.45, 2.75) is 54.7 Å². The second kappa shape index (κ2) is 10.2. The highest BCUT2D eigenvalue weighted by atomic mass is 16.7. The summed E-state index contributed by atoms with van der Waals surface area (Å²) in [6.07, 6.45) is 1.59. The van der Waals surface area contributed by atoms with Crippen LogP contribution in [0, 0.1) is 0 Å². The molecule has 0 aromatic carbocycles. The smallest absolute Gasteiger partial charge is 0.309 e. The average Bonchev–Trinajstić information content (AvgIpc) is 2.77. The van der Waals surface area contributed by atoms with Gasteiger partial charge in [0.1, 0.15) is 42.2 Å². The lowest BCUT2D eigenvalue weighted by atomic mass is 9.94. The molecule has 0 radical (unpaired) electrons. The molecule has 33 heavy (non-hydrogen) atoms. The number of aliphatic hydroxyl groups is 5. The lowest BCUT2D eigenvalue weighted by molar-refractivity contribution is -0.302. The second-order valence-corrected chi connectivity index (χ2v) is 8.12. The van der Waals surface area contributed by atoms with Crippen molar-refractivity contribution in [2.24, 2.45) is 0 Å². The van der Waals surface area contributed by atoms with Crippen LogP contribution in [0.25, 0.3) is 0 Å². The minimum atomic E-state index is -1.69. The molecule has 11 nitrogen and oxygen atoms in total. The van der Waals surface area contributed by atoms with Crippen molar-refractivity contribution >= 4 is 17.5 Å². The fraction of sp³-hybridized carbons (Fsp3) is 0.500. The van der Waals surface area contributed by atoms with Gasteiger partial charge in [0.15, 0.2) is 17.9 Å². The maximum absolute atomic E-state index is 12.1. The first-order chi connectivity index (χ1) is 15.5. The molecular formula is C22H26O11. The Hall–Kier alpha value is -2.51. The molecule has 11 heteroatoms. The molecular weight excluding hydrogens is 440 g/mol. The summed E-state index contributed by atoms with van der Waals surface area (Å²) in [5.41, 5.74) is -3.11. The van der Waals surface area contributed by atoms with Gasteiger partial charge in [-0.2, -0.15) is 0 Å². The highest BCUT2D eigenvalue weighted by molar-refractivity contribution is 6.01. The summed E-state index contributed by atoms with van der Waals surface area (Å²) in [6, 6.07) is 0. The summed E-state index contributed by atoms with van der Waals surface area (Å²) in [7, 11) is 0. The van der Waals surface area contributed by atoms with Crippen LogP contribution in [0.4, 0.5) is 0 Å². The Morgan fingerprint density at radius 3 is 2.00 bits per heavy atom. The predicted octanol–water partition coefficient (Wildman–Crippen LogP) is -2.01. The van der Waals surface area contributed by atoms with Gasteiger partial charge in [0.05, 0.1) is 13.0 Å². The monoisotopic (exact) mass is 466 g/mol. The molecule has 5 atom stereocenters. The van der Waals surface area contributed by atoms with Crippen LogP contribution in [0.1, 0.15) is 12.8 Å². The van der Waals surface area contributed by atoms with Gasteiger partial charge in [-0.25, -0.2) is 0 Å². The number of aliphatic hydroxyl groups excluding tert-OH is 3. The number of hydrogen-bond acceptors (Lipinski definition) is 11. The van der Waals surface area contributed by atoms with E-state index < -0.39 is 60.9 Å². The molecule has 1 fully saturated rings. The number of ether oxygens (including phenoxy) is 3. The van der Waals surface area contributed by atoms with Crippen LogP contribution in [0.15, 0.2) is 48.6 Å². The standard InChI is InChI=1S/C22H26O11/c23-13-1-5-21(29,6-2-13)9-10-31-20-19(28)18(27)17(26)15(33-20)12-32-16(25)11-22(30)7-3-14(24)4-8-22/h1-8,15,17-20,26-30H,9-12H2/t15-,17-,18+,19-,20-/m1/s1. The van der Waals surface area contributed by atoms with Crippen LogP contribution < -0.4 is 0 Å². The average molecular weight is 466 g/mol. The number of hydrogen-bond donors (Lipinski definition) is 5. The number of rotatable bonds is 8. The maximum Gasteiger partial charge on any atom is 0.309 e. The third-order valence-corrected chi connectivity index (χ3v) is 5.43. The van der Waals surface area contributed by atoms with Gasteiger partial charge in [0.2, 0.25) is 0 Å². The van der Waals surface area contributed by atoms with E-state index in [-0.39, 0.29) is 24.6 Å². The van der Waals surface area contributed by atoms with E-state index >= 15 is 0 Å². The minimum Gasteiger partial charge on any atom is -0.463 e. The van der Waals surface area contributed by atoms with Gasteiger partial charge in [0.25, 0.3) is 0 Å². The summed E-state index contributed by atoms with van der Waals surface area (Å²) < 4.78 is 15.9. The van der Waals surface area contributed by atoms with E-state index in [9.17, 15) is 39.9 Å². The molecule has 0 aromatic heterocycles. The molecule has 180 valence electrons. The Morgan fingerprint density at radius 2 is 1.42 bits per heavy atom. The van der Waals surface area contributed by atoms with Crippen molar-refractivity contribution in [2.75, 3.05) is 13.2 Å². The van der Waals surface area contributed by atoms with Crippen LogP contribution in [0.3, 0.4) is 0 Å². The molecule has 3 rings (SSSR count). The van der Waals surface area contributed by atoms with E-state index in [1.165, 1.54) is 24.3 Å². The van der Waals surface area contributed by atoms with Crippen LogP contribution in [-0.2, 0) is 28.6 Å². The Kier molecular flexibility index (Phi) is 7.75. The van der Waals surface area contributed by atoms with E-state index in [2.05, 4.69) is 0 Å². The van der Waals surface area contributed by atoms with Gasteiger partial charge in [-0.05, 0) is 48.6 Å². The summed E-state index contributed by atoms with van der Waals surface area (Å²) in [5, 5.41) is 51.0. The minimum absolute atomic E-state index is 0.0142. The second-order valence-electron chi connectivity index (χ2n) is 8.12. The summed E-state index contributed by atoms with van der Waals surface area (Å²) in [6.45, 7) is -0.648. The van der Waals surface area contributed by atoms with E-state index in [0.29, 0.717) is 0 Å². The van der Waals surface area contributed by atoms with Crippen molar-refractivity contribution in [3.63, 3.8) is 0 Å². The molecule has 1 heterocycles. The quantitative estimate of drug-likeness (QED) is 0.249. The molecule has 0 aromatic rings. The van der Waals surface area contributed by atoms with E-state index in [4.69, 9.17) is 14.2 Å². The fourth-order valence-corrected chi connectivity index (χ4v) is 3.40. The third kappa shape index (κ3) is 6.51. The Labute approximate surface area is 188 Å². The molecule has 1 saturated heterocycles. The van der Waals surface area contributed by atoms with Crippen molar-refractivity contribution < 1.29 is 54.1 Å². The van der Waals surface area contributed by atoms with Crippen molar-refractivity contribution in [3.8, 4) is 0 Å². The number of carbonyl (C=O) groups is 3. The van der Waals surface area contributed by atoms with Gasteiger partial charge in [-0.3, -0.25) is 14.4 Å². The predicted molar refractivity (Wildman–Crippen MR) is 109 cm³/mol. The lowest BCUT2D eigenvalue weighted by Gasteiger charge is -2.40. The van der Waals surface area contributed by atoms with E-state index in [0.717, 1.165) is 24.3 Å². The topological polar surface area (TPSA) is 180 Å². The molecule has 0 unspecified atom stereocenters. The first-order valence-electron chi connectivity index (χ1n) is 10.3. The zero-order chi connectivity index (χ0) is 24.2. The number of ketones is 2. The largest absolute Gasteiger partial charge is 0.463 e. The fourth-order valence-electron chi connectivity index (χ4n) is 3.40. The van der Waals surface area contributed by atoms with Gasteiger partial charge in [-0.15, -0.1) is 0 Å². The third-order valence-electron chi connectivity index (χ3n) is 5.43. The molecule has 0 spiro atoms. The number of carbonyl (C=O) groups excluding carboxylic acids is 3. The van der Waals surface area contributed by atoms with E-state index in [1.807, 2.05) is 0 Å². The van der Waals surface area contributed by atoms with Gasteiger partial charge >= 0.3 is 5.97 Å². The maximum atomic E-state index is 12.1. The van der Waals surface area contributed by atoms with Gasteiger partial charge < -0.3 is 39.7 Å². The number of allylic oxidation sites excluding steroid dienone is 4. The van der Waals surface area contributed by atoms with Crippen molar-refractivity contribution in [1.29, 1.82) is 0 Å². The summed E-state index contributed by atoms with van der Waals surface area (Å²) in [4.78, 5) is 34.4. The highest BCUT2D eigenvalue weighted by Crippen LogP contribution is 2.25. The normalized spacial score (nSPS) is 32.2.